The van der Waals surface area contributed by atoms with Crippen molar-refractivity contribution in [3.05, 3.63) is 0 Å². The standard InChI is InChI=1S/C4H12NO2PS/c1-4(2)3-5-9(6,7)8/h4-5H,3,8H2,1-2H3. The fourth-order valence-electron chi connectivity index (χ4n) is 0.283. The molecule has 0 aromatic carbocycles. The van der Waals surface area contributed by atoms with E-state index >= 15 is 0 Å². The summed E-state index contributed by atoms with van der Waals surface area (Å²) >= 11 is 0. The number of nitrogens with one attached hydrogen (secondary N) is 1. The van der Waals surface area contributed by atoms with Crippen molar-refractivity contribution in [1.29, 1.82) is 0 Å². The van der Waals surface area contributed by atoms with Crippen LogP contribution in [0.15, 0.2) is 0 Å². The van der Waals surface area contributed by atoms with Crippen molar-refractivity contribution in [1.82, 2.24) is 4.72 Å². The van der Waals surface area contributed by atoms with Gasteiger partial charge in [0, 0.05) is 15.0 Å². The highest BCUT2D eigenvalue weighted by molar-refractivity contribution is 8.36. The van der Waals surface area contributed by atoms with Crippen molar-refractivity contribution in [3.8, 4) is 0 Å². The van der Waals surface area contributed by atoms with Gasteiger partial charge in [0.05, 0.1) is 0 Å². The summed E-state index contributed by atoms with van der Waals surface area (Å²) in [6.45, 7) is 4.40. The largest absolute Gasteiger partial charge is 0.222 e. The molecule has 1 N–H and O–H groups in total. The third kappa shape index (κ3) is 8.34. The fraction of sp³-hybridized carbons (Fsp3) is 1.00. The summed E-state index contributed by atoms with van der Waals surface area (Å²) in [5.74, 6) is 0.361. The highest BCUT2D eigenvalue weighted by Gasteiger charge is 2.00. The van der Waals surface area contributed by atoms with Gasteiger partial charge in [0.2, 0.25) is 9.64 Å². The number of rotatable bonds is 3. The molecule has 56 valence electrons. The van der Waals surface area contributed by atoms with Crippen molar-refractivity contribution < 1.29 is 8.42 Å². The van der Waals surface area contributed by atoms with E-state index in [0.29, 0.717) is 12.5 Å². The van der Waals surface area contributed by atoms with E-state index in [-0.39, 0.29) is 0 Å². The van der Waals surface area contributed by atoms with E-state index in [1.807, 2.05) is 13.8 Å². The fourth-order valence-corrected chi connectivity index (χ4v) is 1.14. The van der Waals surface area contributed by atoms with E-state index < -0.39 is 9.64 Å². The summed E-state index contributed by atoms with van der Waals surface area (Å²) in [6, 6.07) is 0. The highest BCUT2D eigenvalue weighted by atomic mass is 32.7. The van der Waals surface area contributed by atoms with E-state index in [9.17, 15) is 8.42 Å². The van der Waals surface area contributed by atoms with Gasteiger partial charge in [-0.15, -0.1) is 0 Å². The van der Waals surface area contributed by atoms with Crippen molar-refractivity contribution in [2.45, 2.75) is 13.8 Å². The lowest BCUT2D eigenvalue weighted by atomic mass is 10.2. The average Bonchev–Trinajstić information content (AvgIpc) is 1.59. The first-order valence-electron chi connectivity index (χ1n) is 2.69. The monoisotopic (exact) mass is 169 g/mol. The van der Waals surface area contributed by atoms with Crippen molar-refractivity contribution >= 4 is 18.1 Å². The first-order chi connectivity index (χ1) is 3.92. The normalized spacial score (nSPS) is 12.4. The molecule has 0 aliphatic heterocycles. The lowest BCUT2D eigenvalue weighted by Gasteiger charge is -2.03. The summed E-state index contributed by atoms with van der Waals surface area (Å²) in [5.41, 5.74) is 0. The van der Waals surface area contributed by atoms with Gasteiger partial charge in [0.15, 0.2) is 0 Å². The first-order valence-corrected chi connectivity index (χ1v) is 5.65. The topological polar surface area (TPSA) is 46.2 Å². The smallest absolute Gasteiger partial charge is 0.212 e. The molecule has 1 atom stereocenters. The Morgan fingerprint density at radius 1 is 1.56 bits per heavy atom. The van der Waals surface area contributed by atoms with Gasteiger partial charge >= 0.3 is 0 Å². The SMILES string of the molecule is CC(C)CNS(=O)(=O)P. The van der Waals surface area contributed by atoms with Crippen molar-refractivity contribution in [2.24, 2.45) is 5.92 Å². The summed E-state index contributed by atoms with van der Waals surface area (Å²) in [7, 11) is -1.31. The summed E-state index contributed by atoms with van der Waals surface area (Å²) in [6.07, 6.45) is 0. The van der Waals surface area contributed by atoms with E-state index in [0.717, 1.165) is 0 Å². The maximum Gasteiger partial charge on any atom is 0.222 e. The van der Waals surface area contributed by atoms with E-state index in [4.69, 9.17) is 0 Å². The lowest BCUT2D eigenvalue weighted by Crippen LogP contribution is -2.22. The average molecular weight is 169 g/mol. The lowest BCUT2D eigenvalue weighted by molar-refractivity contribution is 0.573. The third-order valence-electron chi connectivity index (χ3n) is 0.693. The Kier molecular flexibility index (Phi) is 3.63. The minimum absolute atomic E-state index is 0.361. The van der Waals surface area contributed by atoms with Gasteiger partial charge in [-0.05, 0) is 5.92 Å². The van der Waals surface area contributed by atoms with Crippen LogP contribution in [0.25, 0.3) is 0 Å². The van der Waals surface area contributed by atoms with Gasteiger partial charge in [0.1, 0.15) is 0 Å². The molecule has 0 rings (SSSR count). The zero-order valence-electron chi connectivity index (χ0n) is 5.59. The molecule has 1 unspecified atom stereocenters. The molecule has 0 aromatic heterocycles. The Bertz CT molecular complexity index is 163. The van der Waals surface area contributed by atoms with Gasteiger partial charge in [0.25, 0.3) is 0 Å². The van der Waals surface area contributed by atoms with Crippen molar-refractivity contribution in [2.75, 3.05) is 6.54 Å². The summed E-state index contributed by atoms with van der Waals surface area (Å²) in [4.78, 5) is 0. The van der Waals surface area contributed by atoms with Crippen LogP contribution in [-0.2, 0) is 9.64 Å². The molecule has 0 fully saturated rings. The van der Waals surface area contributed by atoms with E-state index in [1.54, 1.807) is 8.44 Å². The van der Waals surface area contributed by atoms with Crippen LogP contribution in [0.2, 0.25) is 0 Å². The Hall–Kier alpha value is 0.340. The van der Waals surface area contributed by atoms with Gasteiger partial charge in [-0.1, -0.05) is 13.8 Å². The maximum absolute atomic E-state index is 10.4. The second-order valence-electron chi connectivity index (χ2n) is 2.29. The van der Waals surface area contributed by atoms with Crippen LogP contribution in [-0.4, -0.2) is 15.0 Å². The molecule has 0 amide bonds. The van der Waals surface area contributed by atoms with Crippen LogP contribution < -0.4 is 4.72 Å². The third-order valence-corrected chi connectivity index (χ3v) is 1.76. The Morgan fingerprint density at radius 3 is 2.11 bits per heavy atom. The molecule has 3 nitrogen and oxygen atoms in total. The van der Waals surface area contributed by atoms with Crippen molar-refractivity contribution in [3.63, 3.8) is 0 Å². The highest BCUT2D eigenvalue weighted by Crippen LogP contribution is 1.96. The zero-order chi connectivity index (χ0) is 7.49. The number of hydrogen-bond donors (Lipinski definition) is 1. The zero-order valence-corrected chi connectivity index (χ0v) is 7.56. The van der Waals surface area contributed by atoms with Crippen LogP contribution in [0.3, 0.4) is 0 Å². The van der Waals surface area contributed by atoms with E-state index in [1.165, 1.54) is 0 Å². The van der Waals surface area contributed by atoms with E-state index in [2.05, 4.69) is 4.72 Å². The molecule has 0 saturated heterocycles. The second kappa shape index (κ2) is 3.49. The predicted octanol–water partition coefficient (Wildman–Crippen LogP) is 0.352. The molecule has 0 spiro atoms. The quantitative estimate of drug-likeness (QED) is 0.620. The molecule has 0 heterocycles. The molecule has 0 bridgehead atoms. The minimum atomic E-state index is -3.05. The van der Waals surface area contributed by atoms with Crippen LogP contribution >= 0.6 is 8.44 Å². The molecule has 5 heteroatoms. The molecule has 0 aliphatic rings. The molecular weight excluding hydrogens is 157 g/mol. The second-order valence-corrected chi connectivity index (χ2v) is 5.53. The minimum Gasteiger partial charge on any atom is -0.212 e. The van der Waals surface area contributed by atoms with Crippen LogP contribution in [0, 0.1) is 5.92 Å². The molecule has 0 radical (unpaired) electrons. The molecule has 9 heavy (non-hydrogen) atoms. The van der Waals surface area contributed by atoms with Crippen LogP contribution in [0.4, 0.5) is 0 Å². The Balaban J connectivity index is 3.53. The van der Waals surface area contributed by atoms with Crippen LogP contribution in [0.1, 0.15) is 13.8 Å². The first kappa shape index (κ1) is 9.34. The van der Waals surface area contributed by atoms with Gasteiger partial charge < -0.3 is 0 Å². The molecule has 0 saturated carbocycles. The van der Waals surface area contributed by atoms with Gasteiger partial charge in [-0.25, -0.2) is 13.1 Å². The van der Waals surface area contributed by atoms with Gasteiger partial charge in [-0.3, -0.25) is 0 Å². The number of hydrogen-bond acceptors (Lipinski definition) is 2. The summed E-state index contributed by atoms with van der Waals surface area (Å²) in [5, 5.41) is 0. The Morgan fingerprint density at radius 2 is 2.00 bits per heavy atom. The Labute approximate surface area is 58.2 Å². The predicted molar refractivity (Wildman–Crippen MR) is 41.5 cm³/mol. The molecule has 0 aliphatic carbocycles. The maximum atomic E-state index is 10.4. The molecular formula is C4H12NO2PS. The van der Waals surface area contributed by atoms with Crippen LogP contribution in [0.5, 0.6) is 0 Å². The summed E-state index contributed by atoms with van der Waals surface area (Å²) < 4.78 is 23.1. The van der Waals surface area contributed by atoms with Gasteiger partial charge in [-0.2, -0.15) is 0 Å². The molecule has 0 aromatic rings.